The number of likely N-dealkylation sites (N-methyl/N-ethyl adjacent to an activating group) is 1. The molecule has 5 nitrogen and oxygen atoms in total. The Morgan fingerprint density at radius 1 is 0.974 bits per heavy atom. The predicted octanol–water partition coefficient (Wildman–Crippen LogP) is 7.29. The standard InChI is InChI=1S/C30H33Cl3N4O/c1-17-27(30(38)36(2)10-9-34-28-21-12-18-11-19(14-21)15-22(28)13-18)35-37(26-8-7-24(32)16-25(26)33)29(17)20-3-5-23(31)6-4-20/h3-8,16,18-19,21-22,28,34H,9-15H2,1-2H3. The van der Waals surface area contributed by atoms with Gasteiger partial charge in [-0.1, -0.05) is 46.9 Å². The molecule has 0 radical (unpaired) electrons. The number of nitrogens with one attached hydrogen (secondary N) is 1. The first kappa shape index (κ1) is 26.2. The first-order valence-electron chi connectivity index (χ1n) is 13.6. The van der Waals surface area contributed by atoms with Crippen LogP contribution >= 0.6 is 34.8 Å². The lowest BCUT2D eigenvalue weighted by atomic mass is 9.54. The Morgan fingerprint density at radius 3 is 2.24 bits per heavy atom. The highest BCUT2D eigenvalue weighted by Gasteiger charge is 2.47. The number of carbonyl (C=O) groups excluding carboxylic acids is 1. The molecule has 1 heterocycles. The number of benzene rings is 2. The van der Waals surface area contributed by atoms with E-state index in [0.29, 0.717) is 39.0 Å². The molecule has 4 bridgehead atoms. The zero-order chi connectivity index (χ0) is 26.6. The van der Waals surface area contributed by atoms with Crippen LogP contribution in [0.25, 0.3) is 16.9 Å². The zero-order valence-corrected chi connectivity index (χ0v) is 24.0. The van der Waals surface area contributed by atoms with Gasteiger partial charge in [0.15, 0.2) is 5.69 Å². The fraction of sp³-hybridized carbons (Fsp3) is 0.467. The van der Waals surface area contributed by atoms with Gasteiger partial charge in [0.25, 0.3) is 5.91 Å². The lowest BCUT2D eigenvalue weighted by Crippen LogP contribution is -2.55. The molecular formula is C30H33Cl3N4O. The van der Waals surface area contributed by atoms with E-state index in [1.54, 1.807) is 21.7 Å². The van der Waals surface area contributed by atoms with Crippen LogP contribution in [0, 0.1) is 30.6 Å². The van der Waals surface area contributed by atoms with Crippen molar-refractivity contribution in [3.05, 3.63) is 68.8 Å². The molecule has 38 heavy (non-hydrogen) atoms. The molecule has 0 aliphatic heterocycles. The first-order chi connectivity index (χ1) is 18.3. The molecule has 8 heteroatoms. The first-order valence-corrected chi connectivity index (χ1v) is 14.7. The number of amides is 1. The van der Waals surface area contributed by atoms with Gasteiger partial charge in [0.1, 0.15) is 0 Å². The Bertz CT molecular complexity index is 1320. The minimum Gasteiger partial charge on any atom is -0.339 e. The Morgan fingerprint density at radius 2 is 1.61 bits per heavy atom. The number of hydrogen-bond acceptors (Lipinski definition) is 3. The summed E-state index contributed by atoms with van der Waals surface area (Å²) in [5, 5.41) is 10.3. The third kappa shape index (κ3) is 4.88. The minimum atomic E-state index is -0.103. The van der Waals surface area contributed by atoms with E-state index >= 15 is 0 Å². The molecule has 4 aliphatic rings. The molecule has 0 unspecified atom stereocenters. The van der Waals surface area contributed by atoms with Gasteiger partial charge in [-0.3, -0.25) is 4.79 Å². The highest BCUT2D eigenvalue weighted by atomic mass is 35.5. The molecule has 7 rings (SSSR count). The molecule has 4 fully saturated rings. The second-order valence-electron chi connectivity index (χ2n) is 11.5. The highest BCUT2D eigenvalue weighted by molar-refractivity contribution is 6.35. The second-order valence-corrected chi connectivity index (χ2v) is 12.8. The quantitative estimate of drug-likeness (QED) is 0.324. The van der Waals surface area contributed by atoms with Crippen molar-refractivity contribution in [2.75, 3.05) is 20.1 Å². The molecule has 3 aromatic rings. The third-order valence-electron chi connectivity index (χ3n) is 8.98. The normalized spacial score (nSPS) is 25.7. The molecule has 4 saturated carbocycles. The van der Waals surface area contributed by atoms with E-state index in [1.807, 2.05) is 44.3 Å². The molecule has 0 saturated heterocycles. The molecule has 4 aliphatic carbocycles. The summed E-state index contributed by atoms with van der Waals surface area (Å²) < 4.78 is 1.74. The average Bonchev–Trinajstić information content (AvgIpc) is 3.21. The Labute approximate surface area is 239 Å². The van der Waals surface area contributed by atoms with Gasteiger partial charge in [-0.25, -0.2) is 4.68 Å². The van der Waals surface area contributed by atoms with Crippen LogP contribution in [0.5, 0.6) is 0 Å². The number of nitrogens with zero attached hydrogens (tertiary/aromatic N) is 3. The van der Waals surface area contributed by atoms with Crippen LogP contribution < -0.4 is 5.32 Å². The lowest BCUT2D eigenvalue weighted by Gasteiger charge is -2.54. The van der Waals surface area contributed by atoms with Crippen LogP contribution in [0.3, 0.4) is 0 Å². The summed E-state index contributed by atoms with van der Waals surface area (Å²) in [7, 11) is 1.86. The van der Waals surface area contributed by atoms with Crippen molar-refractivity contribution in [2.24, 2.45) is 23.7 Å². The molecule has 2 aromatic carbocycles. The van der Waals surface area contributed by atoms with Crippen LogP contribution in [0.2, 0.25) is 15.1 Å². The third-order valence-corrected chi connectivity index (χ3v) is 9.77. The predicted molar refractivity (Wildman–Crippen MR) is 155 cm³/mol. The Kier molecular flexibility index (Phi) is 7.23. The van der Waals surface area contributed by atoms with Crippen molar-refractivity contribution < 1.29 is 4.79 Å². The van der Waals surface area contributed by atoms with Crippen LogP contribution in [-0.4, -0.2) is 46.8 Å². The number of rotatable bonds is 7. The van der Waals surface area contributed by atoms with Gasteiger partial charge in [0.2, 0.25) is 0 Å². The SMILES string of the molecule is Cc1c(C(=O)N(C)CCNC2C3CC4CC(C3)CC2C4)nn(-c2ccc(Cl)cc2Cl)c1-c1ccc(Cl)cc1. The monoisotopic (exact) mass is 570 g/mol. The van der Waals surface area contributed by atoms with E-state index in [2.05, 4.69) is 5.32 Å². The van der Waals surface area contributed by atoms with Crippen molar-refractivity contribution in [1.29, 1.82) is 0 Å². The molecule has 200 valence electrons. The van der Waals surface area contributed by atoms with Crippen LogP contribution in [0.15, 0.2) is 42.5 Å². The topological polar surface area (TPSA) is 50.2 Å². The maximum atomic E-state index is 13.7. The van der Waals surface area contributed by atoms with Crippen LogP contribution in [-0.2, 0) is 0 Å². The van der Waals surface area contributed by atoms with Crippen LogP contribution in [0.1, 0.15) is 48.2 Å². The maximum absolute atomic E-state index is 13.7. The van der Waals surface area contributed by atoms with E-state index in [0.717, 1.165) is 47.0 Å². The summed E-state index contributed by atoms with van der Waals surface area (Å²) >= 11 is 18.9. The van der Waals surface area contributed by atoms with Gasteiger partial charge in [-0.05, 0) is 93.0 Å². The molecular weight excluding hydrogens is 539 g/mol. The van der Waals surface area contributed by atoms with Crippen molar-refractivity contribution in [3.8, 4) is 16.9 Å². The molecule has 1 N–H and O–H groups in total. The largest absolute Gasteiger partial charge is 0.339 e. The number of aromatic nitrogens is 2. The van der Waals surface area contributed by atoms with E-state index in [-0.39, 0.29) is 5.91 Å². The minimum absolute atomic E-state index is 0.103. The zero-order valence-electron chi connectivity index (χ0n) is 21.8. The lowest BCUT2D eigenvalue weighted by molar-refractivity contribution is -0.0138. The molecule has 1 aromatic heterocycles. The summed E-state index contributed by atoms with van der Waals surface area (Å²) in [4.78, 5) is 15.4. The van der Waals surface area contributed by atoms with Gasteiger partial charge in [-0.2, -0.15) is 5.10 Å². The maximum Gasteiger partial charge on any atom is 0.274 e. The summed E-state index contributed by atoms with van der Waals surface area (Å²) in [5.41, 5.74) is 3.57. The van der Waals surface area contributed by atoms with Gasteiger partial charge < -0.3 is 10.2 Å². The number of hydrogen-bond donors (Lipinski definition) is 1. The van der Waals surface area contributed by atoms with E-state index in [1.165, 1.54) is 32.1 Å². The van der Waals surface area contributed by atoms with E-state index < -0.39 is 0 Å². The number of halogens is 3. The van der Waals surface area contributed by atoms with Crippen molar-refractivity contribution in [1.82, 2.24) is 20.0 Å². The van der Waals surface area contributed by atoms with Gasteiger partial charge in [0, 0.05) is 47.4 Å². The van der Waals surface area contributed by atoms with Gasteiger partial charge in [0.05, 0.1) is 16.4 Å². The number of carbonyl (C=O) groups is 1. The van der Waals surface area contributed by atoms with Crippen molar-refractivity contribution in [2.45, 2.75) is 45.1 Å². The van der Waals surface area contributed by atoms with Crippen molar-refractivity contribution in [3.63, 3.8) is 0 Å². The summed E-state index contributed by atoms with van der Waals surface area (Å²) in [6.45, 7) is 3.36. The van der Waals surface area contributed by atoms with E-state index in [9.17, 15) is 4.79 Å². The summed E-state index contributed by atoms with van der Waals surface area (Å²) in [6, 6.07) is 13.4. The molecule has 0 atom stereocenters. The fourth-order valence-electron chi connectivity index (χ4n) is 7.41. The summed E-state index contributed by atoms with van der Waals surface area (Å²) in [5.74, 6) is 3.45. The van der Waals surface area contributed by atoms with E-state index in [4.69, 9.17) is 39.9 Å². The fourth-order valence-corrected chi connectivity index (χ4v) is 8.03. The van der Waals surface area contributed by atoms with Crippen molar-refractivity contribution >= 4 is 40.7 Å². The molecule has 0 spiro atoms. The molecule has 1 amide bonds. The average molecular weight is 572 g/mol. The van der Waals surface area contributed by atoms with Gasteiger partial charge >= 0.3 is 0 Å². The van der Waals surface area contributed by atoms with Gasteiger partial charge in [-0.15, -0.1) is 0 Å². The second kappa shape index (κ2) is 10.5. The summed E-state index contributed by atoms with van der Waals surface area (Å²) in [6.07, 6.45) is 7.00. The highest BCUT2D eigenvalue weighted by Crippen LogP contribution is 2.53. The smallest absolute Gasteiger partial charge is 0.274 e. The Hall–Kier alpha value is -2.05. The Balaban J connectivity index is 1.22. The van der Waals surface area contributed by atoms with Crippen LogP contribution in [0.4, 0.5) is 0 Å².